The number of rotatable bonds is 9. The Labute approximate surface area is 169 Å². The molecule has 0 heterocycles. The number of aryl methyl sites for hydroxylation is 1. The molecule has 28 heavy (non-hydrogen) atoms. The average molecular weight is 389 g/mol. The molecule has 6 nitrogen and oxygen atoms in total. The van der Waals surface area contributed by atoms with Crippen LogP contribution >= 0.6 is 0 Å². The molecule has 0 saturated heterocycles. The normalized spacial score (nSPS) is 15.9. The summed E-state index contributed by atoms with van der Waals surface area (Å²) in [4.78, 5) is 19.2. The molecule has 0 aromatic heterocycles. The Kier molecular flexibility index (Phi) is 8.61. The predicted octanol–water partition coefficient (Wildman–Crippen LogP) is 2.83. The van der Waals surface area contributed by atoms with Gasteiger partial charge in [0.2, 0.25) is 5.91 Å². The summed E-state index contributed by atoms with van der Waals surface area (Å²) in [5.41, 5.74) is 0.973. The minimum Gasteiger partial charge on any atom is -0.497 e. The number of aliphatic imine (C=N–C) groups is 1. The lowest BCUT2D eigenvalue weighted by atomic mass is 9.85. The lowest BCUT2D eigenvalue weighted by Gasteiger charge is -2.29. The molecule has 1 aliphatic carbocycles. The Morgan fingerprint density at radius 3 is 2.43 bits per heavy atom. The summed E-state index contributed by atoms with van der Waals surface area (Å²) in [6, 6.07) is 8.21. The fraction of sp³-hybridized carbons (Fsp3) is 0.636. The molecule has 0 unspecified atom stereocenters. The number of nitrogens with one attached hydrogen (secondary N) is 2. The molecule has 0 bridgehead atoms. The molecular formula is C22H36N4O2. The Bertz CT molecular complexity index is 634. The number of carbonyl (C=O) groups is 1. The van der Waals surface area contributed by atoms with Crippen LogP contribution in [0.2, 0.25) is 0 Å². The second kappa shape index (κ2) is 10.9. The monoisotopic (exact) mass is 388 g/mol. The zero-order valence-corrected chi connectivity index (χ0v) is 17.9. The SMILES string of the molecule is CCNC(=NCC1(C(=O)N(C)C)CCCC1)NCCCc1ccc(OC)cc1. The highest BCUT2D eigenvalue weighted by atomic mass is 16.5. The van der Waals surface area contributed by atoms with Crippen molar-refractivity contribution < 1.29 is 9.53 Å². The summed E-state index contributed by atoms with van der Waals surface area (Å²) in [6.07, 6.45) is 6.11. The van der Waals surface area contributed by atoms with Crippen molar-refractivity contribution >= 4 is 11.9 Å². The maximum absolute atomic E-state index is 12.7. The van der Waals surface area contributed by atoms with Crippen LogP contribution in [-0.4, -0.2) is 57.6 Å². The fourth-order valence-corrected chi connectivity index (χ4v) is 3.83. The quantitative estimate of drug-likeness (QED) is 0.388. The smallest absolute Gasteiger partial charge is 0.230 e. The van der Waals surface area contributed by atoms with E-state index in [4.69, 9.17) is 9.73 Å². The number of nitrogens with zero attached hydrogens (tertiary/aromatic N) is 2. The summed E-state index contributed by atoms with van der Waals surface area (Å²) >= 11 is 0. The number of hydrogen-bond donors (Lipinski definition) is 2. The van der Waals surface area contributed by atoms with E-state index in [-0.39, 0.29) is 11.3 Å². The van der Waals surface area contributed by atoms with Crippen molar-refractivity contribution in [2.45, 2.75) is 45.4 Å². The van der Waals surface area contributed by atoms with Crippen molar-refractivity contribution in [3.63, 3.8) is 0 Å². The molecule has 2 rings (SSSR count). The van der Waals surface area contributed by atoms with Gasteiger partial charge < -0.3 is 20.3 Å². The van der Waals surface area contributed by atoms with E-state index in [1.54, 1.807) is 12.0 Å². The molecule has 1 aromatic carbocycles. The van der Waals surface area contributed by atoms with Gasteiger partial charge in [0.05, 0.1) is 19.1 Å². The Morgan fingerprint density at radius 2 is 1.86 bits per heavy atom. The molecule has 1 fully saturated rings. The van der Waals surface area contributed by atoms with Crippen LogP contribution in [0.25, 0.3) is 0 Å². The average Bonchev–Trinajstić information content (AvgIpc) is 3.19. The van der Waals surface area contributed by atoms with E-state index in [1.807, 2.05) is 26.2 Å². The van der Waals surface area contributed by atoms with Gasteiger partial charge in [-0.1, -0.05) is 25.0 Å². The molecule has 1 amide bonds. The van der Waals surface area contributed by atoms with Gasteiger partial charge in [-0.05, 0) is 50.3 Å². The van der Waals surface area contributed by atoms with Crippen molar-refractivity contribution in [3.8, 4) is 5.75 Å². The number of carbonyl (C=O) groups excluding carboxylic acids is 1. The second-order valence-corrected chi connectivity index (χ2v) is 7.76. The van der Waals surface area contributed by atoms with Gasteiger partial charge in [0, 0.05) is 27.2 Å². The van der Waals surface area contributed by atoms with Crippen molar-refractivity contribution in [1.29, 1.82) is 0 Å². The van der Waals surface area contributed by atoms with Crippen LogP contribution in [0.1, 0.15) is 44.6 Å². The van der Waals surface area contributed by atoms with E-state index in [9.17, 15) is 4.79 Å². The third-order valence-corrected chi connectivity index (χ3v) is 5.40. The molecule has 1 aliphatic rings. The summed E-state index contributed by atoms with van der Waals surface area (Å²) in [5, 5.41) is 6.72. The summed E-state index contributed by atoms with van der Waals surface area (Å²) < 4.78 is 5.20. The molecule has 0 spiro atoms. The highest BCUT2D eigenvalue weighted by Crippen LogP contribution is 2.39. The second-order valence-electron chi connectivity index (χ2n) is 7.76. The zero-order chi connectivity index (χ0) is 20.4. The van der Waals surface area contributed by atoms with Crippen molar-refractivity contribution in [1.82, 2.24) is 15.5 Å². The molecular weight excluding hydrogens is 352 g/mol. The third kappa shape index (κ3) is 6.14. The topological polar surface area (TPSA) is 66.0 Å². The van der Waals surface area contributed by atoms with E-state index >= 15 is 0 Å². The molecule has 156 valence electrons. The molecule has 1 saturated carbocycles. The number of benzene rings is 1. The number of methoxy groups -OCH3 is 1. The summed E-state index contributed by atoms with van der Waals surface area (Å²) in [7, 11) is 5.37. The van der Waals surface area contributed by atoms with Gasteiger partial charge in [0.15, 0.2) is 5.96 Å². The van der Waals surface area contributed by atoms with Crippen LogP contribution in [0.15, 0.2) is 29.3 Å². The minimum absolute atomic E-state index is 0.212. The first-order valence-electron chi connectivity index (χ1n) is 10.4. The first kappa shape index (κ1) is 22.1. The highest BCUT2D eigenvalue weighted by Gasteiger charge is 2.41. The van der Waals surface area contributed by atoms with Gasteiger partial charge in [-0.15, -0.1) is 0 Å². The third-order valence-electron chi connectivity index (χ3n) is 5.40. The van der Waals surface area contributed by atoms with E-state index in [1.165, 1.54) is 5.56 Å². The molecule has 0 aliphatic heterocycles. The Hall–Kier alpha value is -2.24. The predicted molar refractivity (Wildman–Crippen MR) is 115 cm³/mol. The molecule has 1 aromatic rings. The summed E-state index contributed by atoms with van der Waals surface area (Å²) in [6.45, 7) is 4.26. The first-order chi connectivity index (χ1) is 13.5. The maximum Gasteiger partial charge on any atom is 0.230 e. The number of ether oxygens (including phenoxy) is 1. The Morgan fingerprint density at radius 1 is 1.18 bits per heavy atom. The van der Waals surface area contributed by atoms with Gasteiger partial charge in [-0.25, -0.2) is 0 Å². The van der Waals surface area contributed by atoms with Crippen LogP contribution in [0.5, 0.6) is 5.75 Å². The van der Waals surface area contributed by atoms with E-state index in [2.05, 4.69) is 29.7 Å². The van der Waals surface area contributed by atoms with Gasteiger partial charge in [0.25, 0.3) is 0 Å². The lowest BCUT2D eigenvalue weighted by molar-refractivity contribution is -0.138. The van der Waals surface area contributed by atoms with Crippen molar-refractivity contribution in [2.75, 3.05) is 40.8 Å². The van der Waals surface area contributed by atoms with Crippen LogP contribution in [0.3, 0.4) is 0 Å². The van der Waals surface area contributed by atoms with Gasteiger partial charge in [0.1, 0.15) is 5.75 Å². The Balaban J connectivity index is 1.87. The summed E-state index contributed by atoms with van der Waals surface area (Å²) in [5.74, 6) is 1.90. The van der Waals surface area contributed by atoms with Gasteiger partial charge >= 0.3 is 0 Å². The molecule has 0 atom stereocenters. The maximum atomic E-state index is 12.7. The largest absolute Gasteiger partial charge is 0.497 e. The van der Waals surface area contributed by atoms with Crippen LogP contribution in [-0.2, 0) is 11.2 Å². The van der Waals surface area contributed by atoms with Gasteiger partial charge in [-0.2, -0.15) is 0 Å². The lowest BCUT2D eigenvalue weighted by Crippen LogP contribution is -2.43. The van der Waals surface area contributed by atoms with Crippen molar-refractivity contribution in [2.24, 2.45) is 10.4 Å². The molecule has 6 heteroatoms. The highest BCUT2D eigenvalue weighted by molar-refractivity contribution is 5.84. The standard InChI is InChI=1S/C22H36N4O2/c1-5-23-21(24-16-8-9-18-10-12-19(28-4)13-11-18)25-17-22(14-6-7-15-22)20(27)26(2)3/h10-13H,5-9,14-17H2,1-4H3,(H2,23,24,25). The van der Waals surface area contributed by atoms with Crippen LogP contribution < -0.4 is 15.4 Å². The van der Waals surface area contributed by atoms with E-state index in [0.29, 0.717) is 6.54 Å². The minimum atomic E-state index is -0.324. The first-order valence-corrected chi connectivity index (χ1v) is 10.4. The van der Waals surface area contributed by atoms with E-state index in [0.717, 1.165) is 63.3 Å². The zero-order valence-electron chi connectivity index (χ0n) is 17.9. The molecule has 2 N–H and O–H groups in total. The molecule has 0 radical (unpaired) electrons. The van der Waals surface area contributed by atoms with Crippen LogP contribution in [0, 0.1) is 5.41 Å². The fourth-order valence-electron chi connectivity index (χ4n) is 3.83. The van der Waals surface area contributed by atoms with Crippen molar-refractivity contribution in [3.05, 3.63) is 29.8 Å². The van der Waals surface area contributed by atoms with Crippen LogP contribution in [0.4, 0.5) is 0 Å². The van der Waals surface area contributed by atoms with Gasteiger partial charge in [-0.3, -0.25) is 9.79 Å². The van der Waals surface area contributed by atoms with E-state index < -0.39 is 0 Å². The number of amides is 1. The number of hydrogen-bond acceptors (Lipinski definition) is 3. The number of guanidine groups is 1.